The molecule has 0 unspecified atom stereocenters. The average Bonchev–Trinajstić information content (AvgIpc) is 2.71. The standard InChI is InChI=1S/C19H20FN3O6S/c1-23(2)30(27,28)14-7-5-6-13(10-14)22-17(24)12-29-18(25)11-21-19(26)15-8-3-4-9-16(15)20/h3-10H,11-12H2,1-2H3,(H,21,26)(H,22,24). The molecule has 2 rings (SSSR count). The van der Waals surface area contributed by atoms with E-state index in [1.165, 1.54) is 56.6 Å². The van der Waals surface area contributed by atoms with Crippen LogP contribution in [0.5, 0.6) is 0 Å². The van der Waals surface area contributed by atoms with E-state index in [-0.39, 0.29) is 16.1 Å². The number of carbonyl (C=O) groups is 3. The molecule has 160 valence electrons. The quantitative estimate of drug-likeness (QED) is 0.594. The highest BCUT2D eigenvalue weighted by Gasteiger charge is 2.18. The molecule has 0 saturated heterocycles. The molecule has 9 nitrogen and oxygen atoms in total. The molecule has 11 heteroatoms. The molecule has 0 saturated carbocycles. The molecular weight excluding hydrogens is 417 g/mol. The van der Waals surface area contributed by atoms with E-state index in [1.54, 1.807) is 0 Å². The van der Waals surface area contributed by atoms with Crippen molar-refractivity contribution in [3.8, 4) is 0 Å². The Morgan fingerprint density at radius 1 is 1.07 bits per heavy atom. The minimum Gasteiger partial charge on any atom is -0.454 e. The van der Waals surface area contributed by atoms with Crippen molar-refractivity contribution in [1.82, 2.24) is 9.62 Å². The van der Waals surface area contributed by atoms with E-state index in [4.69, 9.17) is 4.74 Å². The van der Waals surface area contributed by atoms with Crippen LogP contribution in [-0.2, 0) is 24.3 Å². The van der Waals surface area contributed by atoms with Gasteiger partial charge in [-0.05, 0) is 30.3 Å². The Hall–Kier alpha value is -3.31. The van der Waals surface area contributed by atoms with Crippen LogP contribution in [0.15, 0.2) is 53.4 Å². The largest absolute Gasteiger partial charge is 0.454 e. The smallest absolute Gasteiger partial charge is 0.325 e. The number of nitrogens with zero attached hydrogens (tertiary/aromatic N) is 1. The number of benzene rings is 2. The fourth-order valence-corrected chi connectivity index (χ4v) is 3.18. The highest BCUT2D eigenvalue weighted by Crippen LogP contribution is 2.17. The normalized spacial score (nSPS) is 11.1. The monoisotopic (exact) mass is 437 g/mol. The third kappa shape index (κ3) is 6.09. The molecule has 0 aromatic heterocycles. The van der Waals surface area contributed by atoms with Crippen molar-refractivity contribution in [2.45, 2.75) is 4.90 Å². The Bertz CT molecular complexity index is 1060. The van der Waals surface area contributed by atoms with Crippen molar-refractivity contribution < 1.29 is 31.9 Å². The molecule has 0 heterocycles. The van der Waals surface area contributed by atoms with Gasteiger partial charge in [-0.1, -0.05) is 18.2 Å². The summed E-state index contributed by atoms with van der Waals surface area (Å²) in [6.45, 7) is -1.21. The van der Waals surface area contributed by atoms with E-state index in [0.29, 0.717) is 0 Å². The first-order chi connectivity index (χ1) is 14.1. The van der Waals surface area contributed by atoms with Crippen molar-refractivity contribution in [2.24, 2.45) is 0 Å². The van der Waals surface area contributed by atoms with Gasteiger partial charge in [0.25, 0.3) is 11.8 Å². The number of nitrogens with one attached hydrogen (secondary N) is 2. The third-order valence-corrected chi connectivity index (χ3v) is 5.58. The maximum absolute atomic E-state index is 13.5. The molecule has 0 aliphatic rings. The van der Waals surface area contributed by atoms with Gasteiger partial charge in [0, 0.05) is 19.8 Å². The van der Waals surface area contributed by atoms with Crippen molar-refractivity contribution in [2.75, 3.05) is 32.6 Å². The molecule has 0 radical (unpaired) electrons. The van der Waals surface area contributed by atoms with Gasteiger partial charge in [-0.2, -0.15) is 0 Å². The van der Waals surface area contributed by atoms with Gasteiger partial charge in [-0.15, -0.1) is 0 Å². The summed E-state index contributed by atoms with van der Waals surface area (Å²) in [5.74, 6) is -3.14. The molecular formula is C19H20FN3O6S. The summed E-state index contributed by atoms with van der Waals surface area (Å²) in [5.41, 5.74) is -0.0255. The molecule has 0 bridgehead atoms. The summed E-state index contributed by atoms with van der Waals surface area (Å²) in [4.78, 5) is 35.4. The zero-order valence-electron chi connectivity index (χ0n) is 16.2. The zero-order chi connectivity index (χ0) is 22.3. The first kappa shape index (κ1) is 23.0. The fraction of sp³-hybridized carbons (Fsp3) is 0.211. The van der Waals surface area contributed by atoms with Crippen molar-refractivity contribution in [3.63, 3.8) is 0 Å². The molecule has 2 N–H and O–H groups in total. The molecule has 2 aromatic rings. The lowest BCUT2D eigenvalue weighted by molar-refractivity contribution is -0.146. The van der Waals surface area contributed by atoms with E-state index in [2.05, 4.69) is 10.6 Å². The van der Waals surface area contributed by atoms with Crippen LogP contribution >= 0.6 is 0 Å². The lowest BCUT2D eigenvalue weighted by atomic mass is 10.2. The minimum atomic E-state index is -3.67. The molecule has 0 aliphatic heterocycles. The number of esters is 1. The Morgan fingerprint density at radius 3 is 2.43 bits per heavy atom. The van der Waals surface area contributed by atoms with Gasteiger partial charge in [-0.3, -0.25) is 14.4 Å². The van der Waals surface area contributed by atoms with Crippen LogP contribution in [0.3, 0.4) is 0 Å². The third-order valence-electron chi connectivity index (χ3n) is 3.77. The fourth-order valence-electron chi connectivity index (χ4n) is 2.23. The highest BCUT2D eigenvalue weighted by atomic mass is 32.2. The second kappa shape index (κ2) is 9.94. The summed E-state index contributed by atoms with van der Waals surface area (Å²) in [6.07, 6.45) is 0. The second-order valence-corrected chi connectivity index (χ2v) is 8.34. The van der Waals surface area contributed by atoms with Gasteiger partial charge in [0.05, 0.1) is 10.5 Å². The lowest BCUT2D eigenvalue weighted by Gasteiger charge is -2.13. The summed E-state index contributed by atoms with van der Waals surface area (Å²) in [7, 11) is -0.913. The SMILES string of the molecule is CN(C)S(=O)(=O)c1cccc(NC(=O)COC(=O)CNC(=O)c2ccccc2F)c1. The molecule has 2 aromatic carbocycles. The molecule has 0 atom stereocenters. The number of amides is 2. The number of anilines is 1. The topological polar surface area (TPSA) is 122 Å². The second-order valence-electron chi connectivity index (χ2n) is 6.19. The van der Waals surface area contributed by atoms with Gasteiger partial charge >= 0.3 is 5.97 Å². The number of ether oxygens (including phenoxy) is 1. The number of hydrogen-bond acceptors (Lipinski definition) is 6. The van der Waals surface area contributed by atoms with Crippen molar-refractivity contribution in [1.29, 1.82) is 0 Å². The molecule has 0 aliphatic carbocycles. The minimum absolute atomic E-state index is 0.0156. The van der Waals surface area contributed by atoms with Crippen LogP contribution in [-0.4, -0.2) is 57.8 Å². The Kier molecular flexibility index (Phi) is 7.61. The van der Waals surface area contributed by atoms with Gasteiger partial charge in [0.2, 0.25) is 10.0 Å². The summed E-state index contributed by atoms with van der Waals surface area (Å²) >= 11 is 0. The number of halogens is 1. The zero-order valence-corrected chi connectivity index (χ0v) is 17.0. The Morgan fingerprint density at radius 2 is 1.77 bits per heavy atom. The van der Waals surface area contributed by atoms with Crippen molar-refractivity contribution >= 4 is 33.5 Å². The molecule has 0 fully saturated rings. The summed E-state index contributed by atoms with van der Waals surface area (Å²) in [5, 5.41) is 4.60. The first-order valence-electron chi connectivity index (χ1n) is 8.62. The van der Waals surface area contributed by atoms with Crippen LogP contribution in [0.25, 0.3) is 0 Å². The van der Waals surface area contributed by atoms with Crippen LogP contribution in [0.1, 0.15) is 10.4 Å². The number of sulfonamides is 1. The number of rotatable bonds is 8. The van der Waals surface area contributed by atoms with Gasteiger partial charge in [0.15, 0.2) is 6.61 Å². The number of carbonyl (C=O) groups excluding carboxylic acids is 3. The Labute approximate surface area is 172 Å². The summed E-state index contributed by atoms with van der Waals surface area (Å²) < 4.78 is 43.5. The maximum Gasteiger partial charge on any atom is 0.325 e. The van der Waals surface area contributed by atoms with Crippen LogP contribution in [0, 0.1) is 5.82 Å². The van der Waals surface area contributed by atoms with Crippen molar-refractivity contribution in [3.05, 3.63) is 59.9 Å². The number of hydrogen-bond donors (Lipinski definition) is 2. The molecule has 0 spiro atoms. The molecule has 30 heavy (non-hydrogen) atoms. The van der Waals surface area contributed by atoms with E-state index < -0.39 is 46.8 Å². The van der Waals surface area contributed by atoms with E-state index in [9.17, 15) is 27.2 Å². The lowest BCUT2D eigenvalue weighted by Crippen LogP contribution is -2.32. The molecule has 2 amide bonds. The average molecular weight is 437 g/mol. The van der Waals surface area contributed by atoms with E-state index in [0.717, 1.165) is 10.4 Å². The van der Waals surface area contributed by atoms with E-state index >= 15 is 0 Å². The summed E-state index contributed by atoms with van der Waals surface area (Å²) in [6, 6.07) is 10.8. The van der Waals surface area contributed by atoms with Crippen LogP contribution in [0.2, 0.25) is 0 Å². The van der Waals surface area contributed by atoms with Crippen LogP contribution < -0.4 is 10.6 Å². The highest BCUT2D eigenvalue weighted by molar-refractivity contribution is 7.89. The van der Waals surface area contributed by atoms with Gasteiger partial charge < -0.3 is 15.4 Å². The van der Waals surface area contributed by atoms with E-state index in [1.807, 2.05) is 0 Å². The predicted octanol–water partition coefficient (Wildman–Crippen LogP) is 0.988. The maximum atomic E-state index is 13.5. The van der Waals surface area contributed by atoms with Crippen LogP contribution in [0.4, 0.5) is 10.1 Å². The predicted molar refractivity (Wildman–Crippen MR) is 106 cm³/mol. The Balaban J connectivity index is 1.84. The van der Waals surface area contributed by atoms with Gasteiger partial charge in [-0.25, -0.2) is 17.1 Å². The van der Waals surface area contributed by atoms with Gasteiger partial charge in [0.1, 0.15) is 12.4 Å². The first-order valence-corrected chi connectivity index (χ1v) is 10.1.